The van der Waals surface area contributed by atoms with E-state index in [9.17, 15) is 0 Å². The van der Waals surface area contributed by atoms with Crippen molar-refractivity contribution in [2.24, 2.45) is 0 Å². The van der Waals surface area contributed by atoms with Gasteiger partial charge in [-0.05, 0) is 49.4 Å². The number of hydrogen-bond donors (Lipinski definition) is 1. The van der Waals surface area contributed by atoms with Crippen molar-refractivity contribution in [3.63, 3.8) is 0 Å². The van der Waals surface area contributed by atoms with E-state index in [1.165, 1.54) is 24.8 Å². The highest BCUT2D eigenvalue weighted by Gasteiger charge is 2.17. The summed E-state index contributed by atoms with van der Waals surface area (Å²) >= 11 is 0. The van der Waals surface area contributed by atoms with Crippen LogP contribution in [0.4, 0.5) is 0 Å². The second-order valence-corrected chi connectivity index (χ2v) is 6.41. The third-order valence-corrected chi connectivity index (χ3v) is 3.41. The first-order valence-corrected chi connectivity index (χ1v) is 7.98. The molecule has 0 fully saturated rings. The molecular weight excluding hydrogens is 246 g/mol. The Morgan fingerprint density at radius 2 is 1.70 bits per heavy atom. The van der Waals surface area contributed by atoms with Crippen LogP contribution in [0, 0.1) is 0 Å². The van der Waals surface area contributed by atoms with E-state index in [2.05, 4.69) is 57.3 Å². The number of rotatable bonds is 9. The summed E-state index contributed by atoms with van der Waals surface area (Å²) in [5.74, 6) is 1.04. The minimum Gasteiger partial charge on any atom is -0.493 e. The van der Waals surface area contributed by atoms with Gasteiger partial charge in [0.1, 0.15) is 5.75 Å². The second-order valence-electron chi connectivity index (χ2n) is 6.41. The molecule has 1 N–H and O–H groups in total. The van der Waals surface area contributed by atoms with E-state index < -0.39 is 0 Å². The highest BCUT2D eigenvalue weighted by molar-refractivity contribution is 5.38. The SMILES string of the molecule is CCCCNCCCCOc1ccccc1C(C)(C)C. The van der Waals surface area contributed by atoms with Gasteiger partial charge in [-0.25, -0.2) is 0 Å². The Bertz CT molecular complexity index is 368. The minimum absolute atomic E-state index is 0.137. The fourth-order valence-electron chi connectivity index (χ4n) is 2.17. The molecule has 114 valence electrons. The first-order chi connectivity index (χ1) is 9.55. The quantitative estimate of drug-likeness (QED) is 0.669. The second kappa shape index (κ2) is 9.02. The summed E-state index contributed by atoms with van der Waals surface area (Å²) in [7, 11) is 0. The summed E-state index contributed by atoms with van der Waals surface area (Å²) in [6, 6.07) is 8.39. The molecule has 0 aliphatic carbocycles. The standard InChI is InChI=1S/C18H31NO/c1-5-6-13-19-14-9-10-15-20-17-12-8-7-11-16(17)18(2,3)4/h7-8,11-12,19H,5-6,9-10,13-15H2,1-4H3. The lowest BCUT2D eigenvalue weighted by Gasteiger charge is -2.22. The third-order valence-electron chi connectivity index (χ3n) is 3.41. The van der Waals surface area contributed by atoms with Gasteiger partial charge in [-0.3, -0.25) is 0 Å². The predicted molar refractivity (Wildman–Crippen MR) is 87.6 cm³/mol. The Hall–Kier alpha value is -1.02. The lowest BCUT2D eigenvalue weighted by Crippen LogP contribution is -2.17. The zero-order chi connectivity index (χ0) is 14.8. The van der Waals surface area contributed by atoms with Gasteiger partial charge in [0.05, 0.1) is 6.61 Å². The number of para-hydroxylation sites is 1. The number of nitrogens with one attached hydrogen (secondary N) is 1. The van der Waals surface area contributed by atoms with Crippen molar-refractivity contribution in [3.8, 4) is 5.75 Å². The molecule has 0 saturated heterocycles. The maximum atomic E-state index is 5.96. The number of unbranched alkanes of at least 4 members (excludes halogenated alkanes) is 2. The third kappa shape index (κ3) is 6.42. The van der Waals surface area contributed by atoms with Gasteiger partial charge in [-0.2, -0.15) is 0 Å². The summed E-state index contributed by atoms with van der Waals surface area (Å²) in [5, 5.41) is 3.47. The molecule has 0 amide bonds. The Balaban J connectivity index is 2.26. The normalized spacial score (nSPS) is 11.6. The lowest BCUT2D eigenvalue weighted by atomic mass is 9.86. The molecule has 2 nitrogen and oxygen atoms in total. The molecule has 1 rings (SSSR count). The van der Waals surface area contributed by atoms with E-state index in [1.807, 2.05) is 0 Å². The maximum Gasteiger partial charge on any atom is 0.123 e. The average molecular weight is 277 g/mol. The van der Waals surface area contributed by atoms with Crippen LogP contribution in [-0.2, 0) is 5.41 Å². The van der Waals surface area contributed by atoms with Crippen LogP contribution in [0.2, 0.25) is 0 Å². The molecule has 0 atom stereocenters. The van der Waals surface area contributed by atoms with E-state index in [0.29, 0.717) is 0 Å². The van der Waals surface area contributed by atoms with Crippen molar-refractivity contribution in [1.82, 2.24) is 5.32 Å². The van der Waals surface area contributed by atoms with Crippen LogP contribution in [0.25, 0.3) is 0 Å². The van der Waals surface area contributed by atoms with Gasteiger partial charge >= 0.3 is 0 Å². The van der Waals surface area contributed by atoms with Gasteiger partial charge in [0.2, 0.25) is 0 Å². The van der Waals surface area contributed by atoms with Gasteiger partial charge in [-0.15, -0.1) is 0 Å². The molecule has 0 unspecified atom stereocenters. The smallest absolute Gasteiger partial charge is 0.123 e. The van der Waals surface area contributed by atoms with Crippen LogP contribution in [0.5, 0.6) is 5.75 Å². The van der Waals surface area contributed by atoms with E-state index in [1.54, 1.807) is 0 Å². The predicted octanol–water partition coefficient (Wildman–Crippen LogP) is 4.53. The Kier molecular flexibility index (Phi) is 7.68. The first-order valence-electron chi connectivity index (χ1n) is 7.98. The molecule has 0 aromatic heterocycles. The van der Waals surface area contributed by atoms with E-state index in [-0.39, 0.29) is 5.41 Å². The molecule has 20 heavy (non-hydrogen) atoms. The highest BCUT2D eigenvalue weighted by Crippen LogP contribution is 2.30. The molecule has 0 bridgehead atoms. The highest BCUT2D eigenvalue weighted by atomic mass is 16.5. The van der Waals surface area contributed by atoms with Crippen molar-refractivity contribution in [1.29, 1.82) is 0 Å². The van der Waals surface area contributed by atoms with Gasteiger partial charge in [0, 0.05) is 0 Å². The lowest BCUT2D eigenvalue weighted by molar-refractivity contribution is 0.298. The van der Waals surface area contributed by atoms with E-state index in [4.69, 9.17) is 4.74 Å². The number of ether oxygens (including phenoxy) is 1. The summed E-state index contributed by atoms with van der Waals surface area (Å²) in [6.45, 7) is 12.0. The first kappa shape index (κ1) is 17.0. The Labute approximate surface area is 124 Å². The fourth-order valence-corrected chi connectivity index (χ4v) is 2.17. The zero-order valence-corrected chi connectivity index (χ0v) is 13.7. The molecule has 0 aliphatic rings. The van der Waals surface area contributed by atoms with E-state index >= 15 is 0 Å². The molecule has 2 heteroatoms. The van der Waals surface area contributed by atoms with Crippen LogP contribution < -0.4 is 10.1 Å². The molecule has 0 saturated carbocycles. The van der Waals surface area contributed by atoms with Gasteiger partial charge in [0.25, 0.3) is 0 Å². The molecule has 0 spiro atoms. The summed E-state index contributed by atoms with van der Waals surface area (Å²) in [5.41, 5.74) is 1.43. The van der Waals surface area contributed by atoms with Gasteiger partial charge in [0.15, 0.2) is 0 Å². The molecule has 0 aliphatic heterocycles. The topological polar surface area (TPSA) is 21.3 Å². The summed E-state index contributed by atoms with van der Waals surface area (Å²) in [4.78, 5) is 0. The fraction of sp³-hybridized carbons (Fsp3) is 0.667. The maximum absolute atomic E-state index is 5.96. The number of benzene rings is 1. The van der Waals surface area contributed by atoms with Crippen LogP contribution in [0.3, 0.4) is 0 Å². The van der Waals surface area contributed by atoms with E-state index in [0.717, 1.165) is 31.9 Å². The van der Waals surface area contributed by atoms with Gasteiger partial charge < -0.3 is 10.1 Å². The van der Waals surface area contributed by atoms with Crippen molar-refractivity contribution in [2.45, 2.75) is 58.8 Å². The zero-order valence-electron chi connectivity index (χ0n) is 13.7. The largest absolute Gasteiger partial charge is 0.493 e. The Morgan fingerprint density at radius 1 is 1.00 bits per heavy atom. The van der Waals surface area contributed by atoms with Gasteiger partial charge in [-0.1, -0.05) is 52.3 Å². The van der Waals surface area contributed by atoms with Crippen molar-refractivity contribution in [2.75, 3.05) is 19.7 Å². The van der Waals surface area contributed by atoms with Crippen molar-refractivity contribution >= 4 is 0 Å². The minimum atomic E-state index is 0.137. The summed E-state index contributed by atoms with van der Waals surface area (Å²) < 4.78 is 5.96. The Morgan fingerprint density at radius 3 is 2.40 bits per heavy atom. The van der Waals surface area contributed by atoms with Crippen LogP contribution in [0.15, 0.2) is 24.3 Å². The molecule has 1 aromatic carbocycles. The molecule has 1 aromatic rings. The molecule has 0 heterocycles. The van der Waals surface area contributed by atoms with Crippen LogP contribution in [0.1, 0.15) is 58.9 Å². The van der Waals surface area contributed by atoms with Crippen molar-refractivity contribution < 1.29 is 4.74 Å². The summed E-state index contributed by atoms with van der Waals surface area (Å²) in [6.07, 6.45) is 4.83. The number of hydrogen-bond acceptors (Lipinski definition) is 2. The molecule has 0 radical (unpaired) electrons. The monoisotopic (exact) mass is 277 g/mol. The van der Waals surface area contributed by atoms with Crippen LogP contribution >= 0.6 is 0 Å². The molecular formula is C18H31NO. The van der Waals surface area contributed by atoms with Crippen LogP contribution in [-0.4, -0.2) is 19.7 Å². The average Bonchev–Trinajstić information content (AvgIpc) is 2.41. The van der Waals surface area contributed by atoms with Crippen molar-refractivity contribution in [3.05, 3.63) is 29.8 Å².